The van der Waals surface area contributed by atoms with Gasteiger partial charge in [-0.1, -0.05) is 25.1 Å². The van der Waals surface area contributed by atoms with Crippen LogP contribution in [0.3, 0.4) is 0 Å². The molecule has 1 aromatic heterocycles. The topological polar surface area (TPSA) is 93.1 Å². The van der Waals surface area contributed by atoms with E-state index >= 15 is 0 Å². The summed E-state index contributed by atoms with van der Waals surface area (Å²) in [5.41, 5.74) is 3.10. The Morgan fingerprint density at radius 1 is 1.18 bits per heavy atom. The van der Waals surface area contributed by atoms with Crippen LogP contribution in [0.15, 0.2) is 53.7 Å². The van der Waals surface area contributed by atoms with Crippen molar-refractivity contribution in [2.45, 2.75) is 31.7 Å². The molecular formula is C20H24N4O3S. The van der Waals surface area contributed by atoms with Gasteiger partial charge in [-0.25, -0.2) is 18.1 Å². The third kappa shape index (κ3) is 4.40. The van der Waals surface area contributed by atoms with Crippen LogP contribution in [-0.4, -0.2) is 37.0 Å². The number of imidazole rings is 1. The Labute approximate surface area is 164 Å². The van der Waals surface area contributed by atoms with Gasteiger partial charge in [0.2, 0.25) is 10.0 Å². The standard InChI is InChI=1S/C20H24N4O3S/c1-3-23-28(26,27)16-10-9-15(2)17(13-16)20(25)21-11-6-12-24-14-22-18-7-4-5-8-19(18)24/h4-5,7-10,13-14,23H,3,6,11-12H2,1-2H3,(H,21,25). The second-order valence-corrected chi connectivity index (χ2v) is 8.28. The molecule has 2 N–H and O–H groups in total. The van der Waals surface area contributed by atoms with Gasteiger partial charge in [-0.3, -0.25) is 4.79 Å². The van der Waals surface area contributed by atoms with Crippen molar-refractivity contribution >= 4 is 27.0 Å². The van der Waals surface area contributed by atoms with E-state index in [4.69, 9.17) is 0 Å². The van der Waals surface area contributed by atoms with Crippen molar-refractivity contribution < 1.29 is 13.2 Å². The quantitative estimate of drug-likeness (QED) is 0.568. The van der Waals surface area contributed by atoms with Gasteiger partial charge in [-0.15, -0.1) is 0 Å². The zero-order chi connectivity index (χ0) is 20.1. The zero-order valence-corrected chi connectivity index (χ0v) is 16.8. The summed E-state index contributed by atoms with van der Waals surface area (Å²) < 4.78 is 28.8. The molecule has 0 radical (unpaired) electrons. The van der Waals surface area contributed by atoms with E-state index in [0.29, 0.717) is 18.7 Å². The second kappa shape index (κ2) is 8.53. The highest BCUT2D eigenvalue weighted by Crippen LogP contribution is 2.16. The molecule has 1 amide bonds. The van der Waals surface area contributed by atoms with E-state index in [2.05, 4.69) is 19.6 Å². The van der Waals surface area contributed by atoms with E-state index in [1.807, 2.05) is 24.3 Å². The minimum Gasteiger partial charge on any atom is -0.352 e. The van der Waals surface area contributed by atoms with Gasteiger partial charge in [-0.2, -0.15) is 0 Å². The number of benzene rings is 2. The van der Waals surface area contributed by atoms with Crippen molar-refractivity contribution in [3.8, 4) is 0 Å². The Kier molecular flexibility index (Phi) is 6.11. The predicted octanol–water partition coefficient (Wildman–Crippen LogP) is 2.46. The smallest absolute Gasteiger partial charge is 0.251 e. The summed E-state index contributed by atoms with van der Waals surface area (Å²) in [5.74, 6) is -0.276. The highest BCUT2D eigenvalue weighted by atomic mass is 32.2. The molecule has 2 aromatic carbocycles. The molecule has 0 saturated carbocycles. The van der Waals surface area contributed by atoms with Crippen molar-refractivity contribution in [1.82, 2.24) is 19.6 Å². The molecule has 0 aliphatic carbocycles. The van der Waals surface area contributed by atoms with Gasteiger partial charge in [-0.05, 0) is 43.2 Å². The first kappa shape index (κ1) is 20.0. The number of rotatable bonds is 8. The Morgan fingerprint density at radius 2 is 1.96 bits per heavy atom. The maximum atomic E-state index is 12.5. The van der Waals surface area contributed by atoms with Gasteiger partial charge in [0, 0.05) is 25.2 Å². The third-order valence-corrected chi connectivity index (χ3v) is 6.03. The average molecular weight is 401 g/mol. The van der Waals surface area contributed by atoms with E-state index in [9.17, 15) is 13.2 Å². The fourth-order valence-corrected chi connectivity index (χ4v) is 4.09. The summed E-state index contributed by atoms with van der Waals surface area (Å²) >= 11 is 0. The fraction of sp³-hybridized carbons (Fsp3) is 0.300. The van der Waals surface area contributed by atoms with Gasteiger partial charge in [0.15, 0.2) is 0 Å². The lowest BCUT2D eigenvalue weighted by Crippen LogP contribution is -2.27. The van der Waals surface area contributed by atoms with Crippen molar-refractivity contribution in [3.63, 3.8) is 0 Å². The zero-order valence-electron chi connectivity index (χ0n) is 16.0. The molecule has 7 nitrogen and oxygen atoms in total. The summed E-state index contributed by atoms with van der Waals surface area (Å²) in [6.07, 6.45) is 2.53. The van der Waals surface area contributed by atoms with Crippen LogP contribution in [0.5, 0.6) is 0 Å². The molecule has 1 heterocycles. The summed E-state index contributed by atoms with van der Waals surface area (Å²) in [7, 11) is -3.60. The maximum Gasteiger partial charge on any atom is 0.251 e. The first-order valence-electron chi connectivity index (χ1n) is 9.21. The van der Waals surface area contributed by atoms with Crippen LogP contribution in [0.4, 0.5) is 0 Å². The van der Waals surface area contributed by atoms with Crippen molar-refractivity contribution in [3.05, 3.63) is 59.9 Å². The first-order valence-corrected chi connectivity index (χ1v) is 10.7. The van der Waals surface area contributed by atoms with Crippen LogP contribution < -0.4 is 10.0 Å². The SMILES string of the molecule is CCNS(=O)(=O)c1ccc(C)c(C(=O)NCCCn2cnc3ccccc32)c1. The number of nitrogens with zero attached hydrogens (tertiary/aromatic N) is 2. The number of aromatic nitrogens is 2. The van der Waals surface area contributed by atoms with Crippen molar-refractivity contribution in [1.29, 1.82) is 0 Å². The van der Waals surface area contributed by atoms with Crippen LogP contribution in [0, 0.1) is 6.92 Å². The number of carbonyl (C=O) groups excluding carboxylic acids is 1. The molecule has 148 valence electrons. The van der Waals surface area contributed by atoms with Crippen LogP contribution >= 0.6 is 0 Å². The largest absolute Gasteiger partial charge is 0.352 e. The number of fused-ring (bicyclic) bond motifs is 1. The third-order valence-electron chi connectivity index (χ3n) is 4.49. The molecule has 0 fully saturated rings. The van der Waals surface area contributed by atoms with Crippen LogP contribution in [0.1, 0.15) is 29.3 Å². The Morgan fingerprint density at radius 3 is 2.75 bits per heavy atom. The summed E-state index contributed by atoms with van der Waals surface area (Å²) in [6.45, 7) is 5.00. The number of nitrogens with one attached hydrogen (secondary N) is 2. The molecule has 0 aliphatic heterocycles. The molecule has 3 aromatic rings. The van der Waals surface area contributed by atoms with Crippen LogP contribution in [0.2, 0.25) is 0 Å². The molecule has 3 rings (SSSR count). The lowest BCUT2D eigenvalue weighted by Gasteiger charge is -2.11. The number of hydrogen-bond acceptors (Lipinski definition) is 4. The number of hydrogen-bond donors (Lipinski definition) is 2. The van der Waals surface area contributed by atoms with Crippen molar-refractivity contribution in [2.75, 3.05) is 13.1 Å². The van der Waals surface area contributed by atoms with Crippen LogP contribution in [-0.2, 0) is 16.6 Å². The summed E-state index contributed by atoms with van der Waals surface area (Å²) in [5, 5.41) is 2.87. The fourth-order valence-electron chi connectivity index (χ4n) is 3.02. The average Bonchev–Trinajstić information content (AvgIpc) is 3.08. The van der Waals surface area contributed by atoms with Gasteiger partial charge >= 0.3 is 0 Å². The number of amides is 1. The lowest BCUT2D eigenvalue weighted by atomic mass is 10.1. The highest BCUT2D eigenvalue weighted by molar-refractivity contribution is 7.89. The summed E-state index contributed by atoms with van der Waals surface area (Å²) in [4.78, 5) is 17.0. The monoisotopic (exact) mass is 400 g/mol. The Balaban J connectivity index is 1.62. The summed E-state index contributed by atoms with van der Waals surface area (Å²) in [6, 6.07) is 12.5. The minimum atomic E-state index is -3.60. The molecule has 28 heavy (non-hydrogen) atoms. The maximum absolute atomic E-state index is 12.5. The molecule has 0 unspecified atom stereocenters. The second-order valence-electron chi connectivity index (χ2n) is 6.51. The van der Waals surface area contributed by atoms with E-state index < -0.39 is 10.0 Å². The molecule has 0 bridgehead atoms. The molecule has 0 saturated heterocycles. The van der Waals surface area contributed by atoms with Gasteiger partial charge in [0.05, 0.1) is 22.3 Å². The van der Waals surface area contributed by atoms with Crippen LogP contribution in [0.25, 0.3) is 11.0 Å². The molecule has 8 heteroatoms. The van der Waals surface area contributed by atoms with E-state index in [1.165, 1.54) is 12.1 Å². The normalized spacial score (nSPS) is 11.6. The number of para-hydroxylation sites is 2. The number of aryl methyl sites for hydroxylation is 2. The van der Waals surface area contributed by atoms with Gasteiger partial charge in [0.25, 0.3) is 5.91 Å². The van der Waals surface area contributed by atoms with Crippen molar-refractivity contribution in [2.24, 2.45) is 0 Å². The minimum absolute atomic E-state index is 0.0926. The predicted molar refractivity (Wildman–Crippen MR) is 109 cm³/mol. The number of carbonyl (C=O) groups is 1. The highest BCUT2D eigenvalue weighted by Gasteiger charge is 2.17. The lowest BCUT2D eigenvalue weighted by molar-refractivity contribution is 0.0952. The molecule has 0 aliphatic rings. The van der Waals surface area contributed by atoms with E-state index in [1.54, 1.807) is 26.2 Å². The molecule has 0 atom stereocenters. The number of sulfonamides is 1. The first-order chi connectivity index (χ1) is 13.4. The van der Waals surface area contributed by atoms with E-state index in [0.717, 1.165) is 29.6 Å². The van der Waals surface area contributed by atoms with Gasteiger partial charge in [0.1, 0.15) is 0 Å². The van der Waals surface area contributed by atoms with Gasteiger partial charge < -0.3 is 9.88 Å². The Hall–Kier alpha value is -2.71. The Bertz CT molecular complexity index is 1090. The molecular weight excluding hydrogens is 376 g/mol. The van der Waals surface area contributed by atoms with E-state index in [-0.39, 0.29) is 10.8 Å². The molecule has 0 spiro atoms.